The fourth-order valence-corrected chi connectivity index (χ4v) is 2.34. The summed E-state index contributed by atoms with van der Waals surface area (Å²) >= 11 is 0. The second-order valence-electron chi connectivity index (χ2n) is 6.10. The van der Waals surface area contributed by atoms with Gasteiger partial charge in [0.15, 0.2) is 0 Å². The molecule has 3 heteroatoms. The van der Waals surface area contributed by atoms with Gasteiger partial charge in [0.25, 0.3) is 0 Å². The van der Waals surface area contributed by atoms with Crippen molar-refractivity contribution in [2.24, 2.45) is 0 Å². The molecular formula is C13H21FOSi. The van der Waals surface area contributed by atoms with E-state index >= 15 is 0 Å². The van der Waals surface area contributed by atoms with Gasteiger partial charge < -0.3 is 4.43 Å². The van der Waals surface area contributed by atoms with Crippen LogP contribution >= 0.6 is 0 Å². The maximum absolute atomic E-state index is 13.3. The summed E-state index contributed by atoms with van der Waals surface area (Å²) < 4.78 is 19.3. The lowest BCUT2D eigenvalue weighted by atomic mass is 9.86. The van der Waals surface area contributed by atoms with Gasteiger partial charge in [-0.2, -0.15) is 0 Å². The average molecular weight is 240 g/mol. The monoisotopic (exact) mass is 240 g/mol. The molecule has 0 saturated heterocycles. The highest BCUT2D eigenvalue weighted by Crippen LogP contribution is 2.33. The third-order valence-electron chi connectivity index (χ3n) is 2.17. The quantitative estimate of drug-likeness (QED) is 0.699. The zero-order valence-electron chi connectivity index (χ0n) is 11.0. The molecule has 90 valence electrons. The predicted molar refractivity (Wildman–Crippen MR) is 69.1 cm³/mol. The van der Waals surface area contributed by atoms with Crippen LogP contribution in [0.2, 0.25) is 19.6 Å². The van der Waals surface area contributed by atoms with Gasteiger partial charge in [-0.25, -0.2) is 4.39 Å². The van der Waals surface area contributed by atoms with Crippen LogP contribution in [0.5, 0.6) is 5.75 Å². The Labute approximate surface area is 98.8 Å². The minimum Gasteiger partial charge on any atom is -0.544 e. The van der Waals surface area contributed by atoms with E-state index in [9.17, 15) is 4.39 Å². The van der Waals surface area contributed by atoms with Gasteiger partial charge in [-0.3, -0.25) is 0 Å². The standard InChI is InChI=1S/C13H21FOSi/c1-13(2,3)11-9-10(14)7-8-12(11)15-16(4,5)6/h7-9H,1-6H3. The third-order valence-corrected chi connectivity index (χ3v) is 3.00. The maximum atomic E-state index is 13.3. The van der Waals surface area contributed by atoms with Crippen molar-refractivity contribution in [1.82, 2.24) is 0 Å². The van der Waals surface area contributed by atoms with Crippen LogP contribution in [-0.4, -0.2) is 8.32 Å². The van der Waals surface area contributed by atoms with Crippen LogP contribution in [0.25, 0.3) is 0 Å². The van der Waals surface area contributed by atoms with Crippen LogP contribution in [-0.2, 0) is 5.41 Å². The Hall–Kier alpha value is -0.833. The first-order valence-electron chi connectivity index (χ1n) is 5.59. The van der Waals surface area contributed by atoms with Crippen LogP contribution in [0.4, 0.5) is 4.39 Å². The molecule has 0 aliphatic rings. The Kier molecular flexibility index (Phi) is 3.48. The van der Waals surface area contributed by atoms with Crippen molar-refractivity contribution >= 4 is 8.32 Å². The SMILES string of the molecule is CC(C)(C)c1cc(F)ccc1O[Si](C)(C)C. The average Bonchev–Trinajstić information content (AvgIpc) is 2.04. The molecule has 0 unspecified atom stereocenters. The summed E-state index contributed by atoms with van der Waals surface area (Å²) in [6, 6.07) is 4.79. The molecule has 0 amide bonds. The molecule has 0 radical (unpaired) electrons. The predicted octanol–water partition coefficient (Wildman–Crippen LogP) is 4.34. The first-order valence-corrected chi connectivity index (χ1v) is 8.99. The summed E-state index contributed by atoms with van der Waals surface area (Å²) in [4.78, 5) is 0. The number of hydrogen-bond donors (Lipinski definition) is 0. The summed E-state index contributed by atoms with van der Waals surface area (Å²) in [6.45, 7) is 12.6. The van der Waals surface area contributed by atoms with E-state index in [1.165, 1.54) is 6.07 Å². The number of benzene rings is 1. The number of hydrogen-bond acceptors (Lipinski definition) is 1. The molecular weight excluding hydrogens is 219 g/mol. The van der Waals surface area contributed by atoms with Crippen LogP contribution in [0.15, 0.2) is 18.2 Å². The van der Waals surface area contributed by atoms with Crippen molar-refractivity contribution in [3.05, 3.63) is 29.6 Å². The first kappa shape index (κ1) is 13.2. The van der Waals surface area contributed by atoms with Crippen LogP contribution in [0, 0.1) is 5.82 Å². The first-order chi connectivity index (χ1) is 7.09. The largest absolute Gasteiger partial charge is 0.544 e. The fourth-order valence-electron chi connectivity index (χ4n) is 1.51. The Morgan fingerprint density at radius 2 is 1.69 bits per heavy atom. The van der Waals surface area contributed by atoms with E-state index in [-0.39, 0.29) is 11.2 Å². The summed E-state index contributed by atoms with van der Waals surface area (Å²) in [5, 5.41) is 0. The van der Waals surface area contributed by atoms with E-state index in [1.54, 1.807) is 12.1 Å². The normalized spacial score (nSPS) is 12.7. The van der Waals surface area contributed by atoms with Gasteiger partial charge in [-0.05, 0) is 43.3 Å². The molecule has 0 aliphatic heterocycles. The molecule has 1 aromatic rings. The van der Waals surface area contributed by atoms with Crippen molar-refractivity contribution in [3.63, 3.8) is 0 Å². The lowest BCUT2D eigenvalue weighted by Crippen LogP contribution is -2.30. The zero-order valence-corrected chi connectivity index (χ0v) is 12.0. The fraction of sp³-hybridized carbons (Fsp3) is 0.538. The zero-order chi connectivity index (χ0) is 12.6. The summed E-state index contributed by atoms with van der Waals surface area (Å²) in [6.07, 6.45) is 0. The molecule has 0 aromatic heterocycles. The minimum atomic E-state index is -1.65. The molecule has 1 rings (SSSR count). The Morgan fingerprint density at radius 3 is 2.12 bits per heavy atom. The third kappa shape index (κ3) is 3.63. The van der Waals surface area contributed by atoms with Crippen molar-refractivity contribution in [2.75, 3.05) is 0 Å². The van der Waals surface area contributed by atoms with Crippen LogP contribution in [0.1, 0.15) is 26.3 Å². The van der Waals surface area contributed by atoms with Crippen LogP contribution in [0.3, 0.4) is 0 Å². The summed E-state index contributed by atoms with van der Waals surface area (Å²) in [5.74, 6) is 0.626. The lowest BCUT2D eigenvalue weighted by molar-refractivity contribution is 0.501. The molecule has 0 heterocycles. The highest BCUT2D eigenvalue weighted by Gasteiger charge is 2.24. The molecule has 0 aliphatic carbocycles. The second-order valence-corrected chi connectivity index (χ2v) is 10.5. The van der Waals surface area contributed by atoms with E-state index in [0.717, 1.165) is 11.3 Å². The molecule has 0 fully saturated rings. The summed E-state index contributed by atoms with van der Waals surface area (Å²) in [5.41, 5.74) is 0.840. The van der Waals surface area contributed by atoms with E-state index in [2.05, 4.69) is 40.4 Å². The van der Waals surface area contributed by atoms with E-state index in [4.69, 9.17) is 4.43 Å². The number of halogens is 1. The molecule has 0 N–H and O–H groups in total. The molecule has 0 atom stereocenters. The van der Waals surface area contributed by atoms with Gasteiger partial charge >= 0.3 is 0 Å². The van der Waals surface area contributed by atoms with Gasteiger partial charge in [-0.15, -0.1) is 0 Å². The summed E-state index contributed by atoms with van der Waals surface area (Å²) in [7, 11) is -1.65. The Morgan fingerprint density at radius 1 is 1.12 bits per heavy atom. The maximum Gasteiger partial charge on any atom is 0.242 e. The molecule has 0 saturated carbocycles. The van der Waals surface area contributed by atoms with Crippen molar-refractivity contribution in [1.29, 1.82) is 0 Å². The molecule has 0 bridgehead atoms. The highest BCUT2D eigenvalue weighted by atomic mass is 28.4. The topological polar surface area (TPSA) is 9.23 Å². The van der Waals surface area contributed by atoms with Crippen molar-refractivity contribution in [2.45, 2.75) is 45.8 Å². The van der Waals surface area contributed by atoms with Gasteiger partial charge in [0.05, 0.1) is 0 Å². The highest BCUT2D eigenvalue weighted by molar-refractivity contribution is 6.70. The Balaban J connectivity index is 3.19. The molecule has 1 aromatic carbocycles. The van der Waals surface area contributed by atoms with Crippen molar-refractivity contribution < 1.29 is 8.82 Å². The molecule has 0 spiro atoms. The number of rotatable bonds is 2. The van der Waals surface area contributed by atoms with Gasteiger partial charge in [0.2, 0.25) is 8.32 Å². The van der Waals surface area contributed by atoms with Crippen molar-refractivity contribution in [3.8, 4) is 5.75 Å². The smallest absolute Gasteiger partial charge is 0.242 e. The molecule has 1 nitrogen and oxygen atoms in total. The second kappa shape index (κ2) is 4.21. The lowest BCUT2D eigenvalue weighted by Gasteiger charge is -2.27. The molecule has 16 heavy (non-hydrogen) atoms. The Bertz CT molecular complexity index is 374. The van der Waals surface area contributed by atoms with Gasteiger partial charge in [-0.1, -0.05) is 20.8 Å². The van der Waals surface area contributed by atoms with E-state index in [0.29, 0.717) is 0 Å². The van der Waals surface area contributed by atoms with Gasteiger partial charge in [0, 0.05) is 5.56 Å². The van der Waals surface area contributed by atoms with E-state index in [1.807, 2.05) is 0 Å². The van der Waals surface area contributed by atoms with Gasteiger partial charge in [0.1, 0.15) is 11.6 Å². The minimum absolute atomic E-state index is 0.100. The van der Waals surface area contributed by atoms with Crippen LogP contribution < -0.4 is 4.43 Å². The van der Waals surface area contributed by atoms with E-state index < -0.39 is 8.32 Å².